The molecule has 0 unspecified atom stereocenters. The van der Waals surface area contributed by atoms with Crippen LogP contribution in [0.15, 0.2) is 48.5 Å². The number of hydrogen-bond donors (Lipinski definition) is 0. The molecule has 0 aliphatic heterocycles. The summed E-state index contributed by atoms with van der Waals surface area (Å²) in [5.41, 5.74) is 2.23. The average Bonchev–Trinajstić information content (AvgIpc) is 2.53. The highest BCUT2D eigenvalue weighted by atomic mass is 16.6. The molecule has 0 saturated carbocycles. The second-order valence-corrected chi connectivity index (χ2v) is 4.73. The summed E-state index contributed by atoms with van der Waals surface area (Å²) in [5, 5.41) is 10.6. The third-order valence-corrected chi connectivity index (χ3v) is 3.22. The summed E-state index contributed by atoms with van der Waals surface area (Å²) in [5.74, 6) is 0.506. The number of ether oxygens (including phenoxy) is 1. The molecule has 0 fully saturated rings. The van der Waals surface area contributed by atoms with Crippen LogP contribution in [0.4, 0.5) is 5.69 Å². The molecule has 0 spiro atoms. The molecule has 0 saturated heterocycles. The monoisotopic (exact) mass is 297 g/mol. The highest BCUT2D eigenvalue weighted by Gasteiger charge is 2.06. The zero-order chi connectivity index (χ0) is 16.1. The molecule has 0 aromatic heterocycles. The molecule has 22 heavy (non-hydrogen) atoms. The lowest BCUT2D eigenvalue weighted by molar-refractivity contribution is -0.384. The number of nitro benzene ring substituents is 1. The average molecular weight is 297 g/mol. The van der Waals surface area contributed by atoms with Gasteiger partial charge in [-0.2, -0.15) is 0 Å². The third kappa shape index (κ3) is 3.58. The van der Waals surface area contributed by atoms with Crippen LogP contribution in [0.2, 0.25) is 0 Å². The van der Waals surface area contributed by atoms with Gasteiger partial charge in [0.2, 0.25) is 0 Å². The summed E-state index contributed by atoms with van der Waals surface area (Å²) in [7, 11) is 1.56. The van der Waals surface area contributed by atoms with E-state index in [1.807, 2.05) is 13.0 Å². The largest absolute Gasteiger partial charge is 0.496 e. The smallest absolute Gasteiger partial charge is 0.269 e. The normalized spacial score (nSPS) is 10.6. The zero-order valence-corrected chi connectivity index (χ0v) is 12.3. The number of non-ortho nitro benzene ring substituents is 1. The fraction of sp³-hybridized carbons (Fsp3) is 0.118. The minimum absolute atomic E-state index is 0.0201. The molecule has 5 nitrogen and oxygen atoms in total. The first-order valence-corrected chi connectivity index (χ1v) is 6.63. The molecular weight excluding hydrogens is 282 g/mol. The number of rotatable bonds is 5. The second kappa shape index (κ2) is 6.67. The van der Waals surface area contributed by atoms with Gasteiger partial charge >= 0.3 is 0 Å². The van der Waals surface area contributed by atoms with E-state index < -0.39 is 4.92 Å². The lowest BCUT2D eigenvalue weighted by Gasteiger charge is -2.05. The van der Waals surface area contributed by atoms with Gasteiger partial charge in [0, 0.05) is 17.7 Å². The van der Waals surface area contributed by atoms with E-state index >= 15 is 0 Å². The number of methoxy groups -OCH3 is 1. The van der Waals surface area contributed by atoms with Crippen molar-refractivity contribution in [3.05, 3.63) is 75.3 Å². The van der Waals surface area contributed by atoms with Gasteiger partial charge in [-0.15, -0.1) is 0 Å². The van der Waals surface area contributed by atoms with Crippen LogP contribution in [0.1, 0.15) is 21.5 Å². The minimum Gasteiger partial charge on any atom is -0.496 e. The SMILES string of the molecule is COc1cc(C(=O)/C=C/c2ccc([N+](=O)[O-])cc2)ccc1C. The van der Waals surface area contributed by atoms with Gasteiger partial charge in [-0.05, 0) is 42.3 Å². The first-order chi connectivity index (χ1) is 10.5. The number of nitro groups is 1. The molecule has 112 valence electrons. The summed E-state index contributed by atoms with van der Waals surface area (Å²) in [6.45, 7) is 1.90. The van der Waals surface area contributed by atoms with Crippen molar-refractivity contribution < 1.29 is 14.5 Å². The maximum atomic E-state index is 12.1. The molecule has 5 heteroatoms. The highest BCUT2D eigenvalue weighted by molar-refractivity contribution is 6.07. The van der Waals surface area contributed by atoms with Crippen LogP contribution in [0.5, 0.6) is 5.75 Å². The maximum Gasteiger partial charge on any atom is 0.269 e. The van der Waals surface area contributed by atoms with Gasteiger partial charge in [0.25, 0.3) is 5.69 Å². The molecule has 0 aliphatic carbocycles. The van der Waals surface area contributed by atoms with Crippen molar-refractivity contribution in [2.75, 3.05) is 7.11 Å². The molecule has 2 aromatic rings. The topological polar surface area (TPSA) is 69.4 Å². The van der Waals surface area contributed by atoms with Crippen molar-refractivity contribution in [2.45, 2.75) is 6.92 Å². The van der Waals surface area contributed by atoms with Gasteiger partial charge in [-0.1, -0.05) is 18.2 Å². The molecule has 0 aliphatic rings. The van der Waals surface area contributed by atoms with Crippen molar-refractivity contribution in [1.82, 2.24) is 0 Å². The van der Waals surface area contributed by atoms with Gasteiger partial charge in [0.15, 0.2) is 5.78 Å². The fourth-order valence-corrected chi connectivity index (χ4v) is 1.95. The summed E-state index contributed by atoms with van der Waals surface area (Å²) < 4.78 is 5.19. The number of carbonyl (C=O) groups excluding carboxylic acids is 1. The summed E-state index contributed by atoms with van der Waals surface area (Å²) >= 11 is 0. The van der Waals surface area contributed by atoms with Crippen molar-refractivity contribution in [3.8, 4) is 5.75 Å². The third-order valence-electron chi connectivity index (χ3n) is 3.22. The van der Waals surface area contributed by atoms with E-state index in [9.17, 15) is 14.9 Å². The van der Waals surface area contributed by atoms with Gasteiger partial charge < -0.3 is 4.74 Å². The molecule has 0 amide bonds. The molecule has 2 rings (SSSR count). The zero-order valence-electron chi connectivity index (χ0n) is 12.3. The first kappa shape index (κ1) is 15.4. The first-order valence-electron chi connectivity index (χ1n) is 6.63. The number of nitrogens with zero attached hydrogens (tertiary/aromatic N) is 1. The van der Waals surface area contributed by atoms with Crippen LogP contribution in [-0.2, 0) is 0 Å². The van der Waals surface area contributed by atoms with Crippen molar-refractivity contribution in [1.29, 1.82) is 0 Å². The van der Waals surface area contributed by atoms with Crippen LogP contribution in [0, 0.1) is 17.0 Å². The number of benzene rings is 2. The van der Waals surface area contributed by atoms with Gasteiger partial charge in [0.05, 0.1) is 12.0 Å². The van der Waals surface area contributed by atoms with Crippen LogP contribution in [-0.4, -0.2) is 17.8 Å². The van der Waals surface area contributed by atoms with E-state index in [1.165, 1.54) is 18.2 Å². The lowest BCUT2D eigenvalue weighted by Crippen LogP contribution is -1.96. The Bertz CT molecular complexity index is 733. The molecule has 0 atom stereocenters. The Morgan fingerprint density at radius 1 is 1.18 bits per heavy atom. The van der Waals surface area contributed by atoms with Gasteiger partial charge in [0.1, 0.15) is 5.75 Å². The lowest BCUT2D eigenvalue weighted by atomic mass is 10.1. The van der Waals surface area contributed by atoms with E-state index in [0.29, 0.717) is 11.3 Å². The Balaban J connectivity index is 2.15. The number of carbonyl (C=O) groups is 1. The number of allylic oxidation sites excluding steroid dienone is 1. The van der Waals surface area contributed by atoms with E-state index in [4.69, 9.17) is 4.74 Å². The van der Waals surface area contributed by atoms with E-state index in [1.54, 1.807) is 37.5 Å². The van der Waals surface area contributed by atoms with E-state index in [2.05, 4.69) is 0 Å². The number of hydrogen-bond acceptors (Lipinski definition) is 4. The molecule has 0 bridgehead atoms. The number of ketones is 1. The Labute approximate surface area is 128 Å². The minimum atomic E-state index is -0.461. The Morgan fingerprint density at radius 3 is 2.45 bits per heavy atom. The predicted molar refractivity (Wildman–Crippen MR) is 84.2 cm³/mol. The molecular formula is C17H15NO4. The van der Waals surface area contributed by atoms with E-state index in [0.717, 1.165) is 11.1 Å². The summed E-state index contributed by atoms with van der Waals surface area (Å²) in [6.07, 6.45) is 3.06. The Kier molecular flexibility index (Phi) is 4.68. The maximum absolute atomic E-state index is 12.1. The molecule has 2 aromatic carbocycles. The predicted octanol–water partition coefficient (Wildman–Crippen LogP) is 3.81. The fourth-order valence-electron chi connectivity index (χ4n) is 1.95. The van der Waals surface area contributed by atoms with Crippen molar-refractivity contribution in [2.24, 2.45) is 0 Å². The molecule has 0 radical (unpaired) electrons. The second-order valence-electron chi connectivity index (χ2n) is 4.73. The molecule has 0 heterocycles. The van der Waals surface area contributed by atoms with Crippen LogP contribution < -0.4 is 4.74 Å². The van der Waals surface area contributed by atoms with E-state index in [-0.39, 0.29) is 11.5 Å². The number of aryl methyl sites for hydroxylation is 1. The highest BCUT2D eigenvalue weighted by Crippen LogP contribution is 2.20. The van der Waals surface area contributed by atoms with Crippen LogP contribution >= 0.6 is 0 Å². The van der Waals surface area contributed by atoms with Gasteiger partial charge in [-0.3, -0.25) is 14.9 Å². The van der Waals surface area contributed by atoms with Crippen LogP contribution in [0.25, 0.3) is 6.08 Å². The Hall–Kier alpha value is -2.95. The van der Waals surface area contributed by atoms with Crippen LogP contribution in [0.3, 0.4) is 0 Å². The Morgan fingerprint density at radius 2 is 1.86 bits per heavy atom. The van der Waals surface area contributed by atoms with Crippen molar-refractivity contribution in [3.63, 3.8) is 0 Å². The summed E-state index contributed by atoms with van der Waals surface area (Å²) in [6, 6.07) is 11.2. The molecule has 0 N–H and O–H groups in total. The summed E-state index contributed by atoms with van der Waals surface area (Å²) in [4.78, 5) is 22.2. The van der Waals surface area contributed by atoms with Gasteiger partial charge in [-0.25, -0.2) is 0 Å². The van der Waals surface area contributed by atoms with Crippen molar-refractivity contribution >= 4 is 17.5 Å². The quantitative estimate of drug-likeness (QED) is 0.364. The standard InChI is InChI=1S/C17H15NO4/c1-12-3-7-14(11-17(12)22-2)16(19)10-6-13-4-8-15(9-5-13)18(20)21/h3-11H,1-2H3/b10-6+.